The second kappa shape index (κ2) is 5.73. The van der Waals surface area contributed by atoms with Gasteiger partial charge in [0.25, 0.3) is 0 Å². The molecule has 110 valence electrons. The zero-order valence-electron chi connectivity index (χ0n) is 12.3. The lowest BCUT2D eigenvalue weighted by Crippen LogP contribution is -2.36. The number of hydrogen-bond acceptors (Lipinski definition) is 4. The predicted octanol–water partition coefficient (Wildman–Crippen LogP) is 3.13. The minimum absolute atomic E-state index is 0.803. The Balaban J connectivity index is 1.63. The average molecular weight is 291 g/mol. The molecule has 22 heavy (non-hydrogen) atoms. The summed E-state index contributed by atoms with van der Waals surface area (Å²) in [5.74, 6) is 0. The first-order valence-corrected chi connectivity index (χ1v) is 7.55. The van der Waals surface area contributed by atoms with Gasteiger partial charge >= 0.3 is 0 Å². The fourth-order valence-electron chi connectivity index (χ4n) is 2.76. The second-order valence-electron chi connectivity index (χ2n) is 5.39. The quantitative estimate of drug-likeness (QED) is 0.727. The first-order chi connectivity index (χ1) is 10.9. The highest BCUT2D eigenvalue weighted by Gasteiger charge is 2.11. The number of para-hydroxylation sites is 2. The van der Waals surface area contributed by atoms with Crippen LogP contribution in [0.5, 0.6) is 0 Å². The van der Waals surface area contributed by atoms with Crippen LogP contribution in [0, 0.1) is 0 Å². The molecule has 1 aliphatic rings. The fourth-order valence-corrected chi connectivity index (χ4v) is 2.76. The summed E-state index contributed by atoms with van der Waals surface area (Å²) in [6.07, 6.45) is 1.84. The van der Waals surface area contributed by atoms with Gasteiger partial charge < -0.3 is 9.64 Å². The van der Waals surface area contributed by atoms with Gasteiger partial charge in [0.1, 0.15) is 0 Å². The highest BCUT2D eigenvalue weighted by atomic mass is 16.5. The molecule has 0 unspecified atom stereocenters. The van der Waals surface area contributed by atoms with E-state index in [1.54, 1.807) is 0 Å². The van der Waals surface area contributed by atoms with Crippen molar-refractivity contribution in [3.05, 3.63) is 54.7 Å². The third kappa shape index (κ3) is 2.53. The van der Waals surface area contributed by atoms with E-state index in [1.807, 2.05) is 30.5 Å². The second-order valence-corrected chi connectivity index (χ2v) is 5.39. The van der Waals surface area contributed by atoms with Crippen molar-refractivity contribution in [2.45, 2.75) is 0 Å². The van der Waals surface area contributed by atoms with Crippen LogP contribution in [0.15, 0.2) is 54.7 Å². The number of morpholine rings is 1. The van der Waals surface area contributed by atoms with E-state index in [0.29, 0.717) is 0 Å². The monoisotopic (exact) mass is 291 g/mol. The molecular formula is C18H17N3O. The van der Waals surface area contributed by atoms with Crippen molar-refractivity contribution in [3.8, 4) is 11.3 Å². The van der Waals surface area contributed by atoms with Gasteiger partial charge in [-0.25, -0.2) is 4.98 Å². The Kier molecular flexibility index (Phi) is 3.45. The lowest BCUT2D eigenvalue weighted by molar-refractivity contribution is 0.122. The summed E-state index contributed by atoms with van der Waals surface area (Å²) in [7, 11) is 0. The van der Waals surface area contributed by atoms with E-state index in [4.69, 9.17) is 9.72 Å². The largest absolute Gasteiger partial charge is 0.378 e. The molecule has 2 aromatic carbocycles. The lowest BCUT2D eigenvalue weighted by Gasteiger charge is -2.28. The Morgan fingerprint density at radius 2 is 1.59 bits per heavy atom. The summed E-state index contributed by atoms with van der Waals surface area (Å²) < 4.78 is 5.40. The Bertz CT molecular complexity index is 780. The van der Waals surface area contributed by atoms with Crippen molar-refractivity contribution in [2.24, 2.45) is 0 Å². The molecule has 0 saturated carbocycles. The van der Waals surface area contributed by atoms with Crippen LogP contribution >= 0.6 is 0 Å². The summed E-state index contributed by atoms with van der Waals surface area (Å²) in [6.45, 7) is 3.51. The molecule has 2 heterocycles. The highest BCUT2D eigenvalue weighted by Crippen LogP contribution is 2.23. The average Bonchev–Trinajstić information content (AvgIpc) is 2.62. The standard InChI is InChI=1S/C18H17N3O/c1-2-4-17-16(3-1)19-13-18(20-17)14-5-7-15(8-6-14)21-9-11-22-12-10-21/h1-8,13H,9-12H2. The molecule has 1 aliphatic heterocycles. The number of fused-ring (bicyclic) bond motifs is 1. The molecule has 0 amide bonds. The zero-order chi connectivity index (χ0) is 14.8. The fraction of sp³-hybridized carbons (Fsp3) is 0.222. The molecule has 3 aromatic rings. The first kappa shape index (κ1) is 13.2. The van der Waals surface area contributed by atoms with Gasteiger partial charge in [0.05, 0.1) is 36.1 Å². The Labute approximate surface area is 129 Å². The van der Waals surface area contributed by atoms with Crippen LogP contribution in [0.1, 0.15) is 0 Å². The number of nitrogens with zero attached hydrogens (tertiary/aromatic N) is 3. The van der Waals surface area contributed by atoms with E-state index in [0.717, 1.165) is 48.6 Å². The molecule has 1 saturated heterocycles. The van der Waals surface area contributed by atoms with E-state index < -0.39 is 0 Å². The Morgan fingerprint density at radius 3 is 2.36 bits per heavy atom. The van der Waals surface area contributed by atoms with Gasteiger partial charge in [0.15, 0.2) is 0 Å². The molecule has 4 nitrogen and oxygen atoms in total. The number of rotatable bonds is 2. The van der Waals surface area contributed by atoms with E-state index >= 15 is 0 Å². The highest BCUT2D eigenvalue weighted by molar-refractivity contribution is 5.77. The maximum absolute atomic E-state index is 5.40. The molecule has 0 bridgehead atoms. The summed E-state index contributed by atoms with van der Waals surface area (Å²) in [6, 6.07) is 16.5. The van der Waals surface area contributed by atoms with E-state index in [-0.39, 0.29) is 0 Å². The smallest absolute Gasteiger partial charge is 0.0894 e. The normalized spacial score (nSPS) is 15.2. The van der Waals surface area contributed by atoms with Gasteiger partial charge in [-0.3, -0.25) is 4.98 Å². The summed E-state index contributed by atoms with van der Waals surface area (Å²) in [4.78, 5) is 11.5. The Morgan fingerprint density at radius 1 is 0.864 bits per heavy atom. The number of hydrogen-bond donors (Lipinski definition) is 0. The van der Waals surface area contributed by atoms with Crippen LogP contribution in [0.4, 0.5) is 5.69 Å². The van der Waals surface area contributed by atoms with E-state index in [1.165, 1.54) is 5.69 Å². The number of ether oxygens (including phenoxy) is 1. The molecule has 1 fully saturated rings. The summed E-state index contributed by atoms with van der Waals surface area (Å²) in [5.41, 5.74) is 5.09. The maximum Gasteiger partial charge on any atom is 0.0894 e. The molecule has 4 rings (SSSR count). The van der Waals surface area contributed by atoms with Crippen molar-refractivity contribution in [1.29, 1.82) is 0 Å². The van der Waals surface area contributed by atoms with Crippen molar-refractivity contribution in [2.75, 3.05) is 31.2 Å². The van der Waals surface area contributed by atoms with Gasteiger partial charge in [-0.05, 0) is 24.3 Å². The third-order valence-electron chi connectivity index (χ3n) is 3.99. The SMILES string of the molecule is c1ccc2nc(-c3ccc(N4CCOCC4)cc3)cnc2c1. The minimum atomic E-state index is 0.803. The molecule has 1 aromatic heterocycles. The van der Waals surface area contributed by atoms with Crippen LogP contribution in [0.3, 0.4) is 0 Å². The van der Waals surface area contributed by atoms with Crippen LogP contribution in [0.2, 0.25) is 0 Å². The number of aromatic nitrogens is 2. The molecule has 0 atom stereocenters. The van der Waals surface area contributed by atoms with Crippen LogP contribution in [0.25, 0.3) is 22.3 Å². The van der Waals surface area contributed by atoms with Crippen LogP contribution in [-0.2, 0) is 4.74 Å². The van der Waals surface area contributed by atoms with E-state index in [9.17, 15) is 0 Å². The van der Waals surface area contributed by atoms with Crippen LogP contribution in [-0.4, -0.2) is 36.3 Å². The van der Waals surface area contributed by atoms with Crippen LogP contribution < -0.4 is 4.90 Å². The Hall–Kier alpha value is -2.46. The molecule has 0 N–H and O–H groups in total. The predicted molar refractivity (Wildman–Crippen MR) is 88.0 cm³/mol. The van der Waals surface area contributed by atoms with Gasteiger partial charge in [-0.2, -0.15) is 0 Å². The van der Waals surface area contributed by atoms with Gasteiger partial charge in [-0.15, -0.1) is 0 Å². The maximum atomic E-state index is 5.40. The minimum Gasteiger partial charge on any atom is -0.378 e. The van der Waals surface area contributed by atoms with E-state index in [2.05, 4.69) is 34.1 Å². The lowest BCUT2D eigenvalue weighted by atomic mass is 10.1. The van der Waals surface area contributed by atoms with Gasteiger partial charge in [0.2, 0.25) is 0 Å². The molecular weight excluding hydrogens is 274 g/mol. The molecule has 0 radical (unpaired) electrons. The zero-order valence-corrected chi connectivity index (χ0v) is 12.3. The van der Waals surface area contributed by atoms with Crippen molar-refractivity contribution in [3.63, 3.8) is 0 Å². The first-order valence-electron chi connectivity index (χ1n) is 7.55. The van der Waals surface area contributed by atoms with Gasteiger partial charge in [-0.1, -0.05) is 24.3 Å². The topological polar surface area (TPSA) is 38.2 Å². The number of anilines is 1. The summed E-state index contributed by atoms with van der Waals surface area (Å²) in [5, 5.41) is 0. The van der Waals surface area contributed by atoms with Gasteiger partial charge in [0, 0.05) is 24.3 Å². The molecule has 0 spiro atoms. The molecule has 0 aliphatic carbocycles. The van der Waals surface area contributed by atoms with Crippen molar-refractivity contribution < 1.29 is 4.74 Å². The third-order valence-corrected chi connectivity index (χ3v) is 3.99. The number of benzene rings is 2. The summed E-state index contributed by atoms with van der Waals surface area (Å²) >= 11 is 0. The van der Waals surface area contributed by atoms with Crippen molar-refractivity contribution in [1.82, 2.24) is 9.97 Å². The molecule has 4 heteroatoms. The van der Waals surface area contributed by atoms with Crippen molar-refractivity contribution >= 4 is 16.7 Å².